The van der Waals surface area contributed by atoms with Gasteiger partial charge in [-0.05, 0) is 36.8 Å². The molecular formula is C16H12F3NO5. The van der Waals surface area contributed by atoms with E-state index in [0.717, 1.165) is 37.4 Å². The average molecular weight is 355 g/mol. The van der Waals surface area contributed by atoms with E-state index in [9.17, 15) is 28.1 Å². The molecule has 0 aromatic heterocycles. The number of aryl methyl sites for hydroxylation is 1. The normalized spacial score (nSPS) is 11.1. The standard InChI is InChI=1S/C16H12F3NO5/c1-9-7-10(16(17,18)19)3-6-14(9)25-11-4-5-13(20(22)23)12(8-11)15(21)24-2/h3-8H,1-2H3. The van der Waals surface area contributed by atoms with Gasteiger partial charge in [-0.25, -0.2) is 4.79 Å². The number of nitro benzene ring substituents is 1. The van der Waals surface area contributed by atoms with E-state index in [4.69, 9.17) is 4.74 Å². The highest BCUT2D eigenvalue weighted by Gasteiger charge is 2.31. The topological polar surface area (TPSA) is 78.7 Å². The Morgan fingerprint density at radius 3 is 2.36 bits per heavy atom. The van der Waals surface area contributed by atoms with Crippen LogP contribution in [0.15, 0.2) is 36.4 Å². The van der Waals surface area contributed by atoms with E-state index in [1.54, 1.807) is 0 Å². The number of carbonyl (C=O) groups is 1. The molecule has 0 aliphatic rings. The number of hydrogen-bond acceptors (Lipinski definition) is 5. The lowest BCUT2D eigenvalue weighted by molar-refractivity contribution is -0.385. The molecule has 0 fully saturated rings. The molecule has 0 radical (unpaired) electrons. The van der Waals surface area contributed by atoms with Crippen molar-refractivity contribution in [1.82, 2.24) is 0 Å². The van der Waals surface area contributed by atoms with E-state index >= 15 is 0 Å². The molecule has 0 unspecified atom stereocenters. The number of benzene rings is 2. The summed E-state index contributed by atoms with van der Waals surface area (Å²) in [5.74, 6) is -0.757. The van der Waals surface area contributed by atoms with Crippen LogP contribution in [0.25, 0.3) is 0 Å². The van der Waals surface area contributed by atoms with Crippen molar-refractivity contribution in [1.29, 1.82) is 0 Å². The summed E-state index contributed by atoms with van der Waals surface area (Å²) in [6.07, 6.45) is -4.48. The zero-order chi connectivity index (χ0) is 18.8. The Hall–Kier alpha value is -3.10. The van der Waals surface area contributed by atoms with Crippen LogP contribution in [0.4, 0.5) is 18.9 Å². The van der Waals surface area contributed by atoms with Crippen molar-refractivity contribution >= 4 is 11.7 Å². The number of carbonyl (C=O) groups excluding carboxylic acids is 1. The van der Waals surface area contributed by atoms with Gasteiger partial charge >= 0.3 is 12.1 Å². The Labute approximate surface area is 139 Å². The van der Waals surface area contributed by atoms with Crippen LogP contribution in [0.3, 0.4) is 0 Å². The lowest BCUT2D eigenvalue weighted by Gasteiger charge is -2.12. The summed E-state index contributed by atoms with van der Waals surface area (Å²) in [5, 5.41) is 10.9. The third kappa shape index (κ3) is 4.06. The number of esters is 1. The number of hydrogen-bond donors (Lipinski definition) is 0. The second kappa shape index (κ2) is 6.80. The predicted molar refractivity (Wildman–Crippen MR) is 80.7 cm³/mol. The van der Waals surface area contributed by atoms with Crippen LogP contribution in [-0.4, -0.2) is 18.0 Å². The van der Waals surface area contributed by atoms with E-state index in [0.29, 0.717) is 0 Å². The highest BCUT2D eigenvalue weighted by molar-refractivity contribution is 5.94. The minimum Gasteiger partial charge on any atom is -0.465 e. The van der Waals surface area contributed by atoms with Crippen LogP contribution in [-0.2, 0) is 10.9 Å². The molecule has 2 rings (SSSR count). The minimum absolute atomic E-state index is 0.0499. The van der Waals surface area contributed by atoms with Crippen molar-refractivity contribution in [3.05, 3.63) is 63.2 Å². The Balaban J connectivity index is 2.38. The fourth-order valence-corrected chi connectivity index (χ4v) is 2.08. The maximum Gasteiger partial charge on any atom is 0.416 e. The van der Waals surface area contributed by atoms with Gasteiger partial charge in [-0.15, -0.1) is 0 Å². The number of nitro groups is 1. The predicted octanol–water partition coefficient (Wildman–Crippen LogP) is 4.50. The zero-order valence-electron chi connectivity index (χ0n) is 13.1. The Kier molecular flexibility index (Phi) is 4.96. The minimum atomic E-state index is -4.48. The second-order valence-electron chi connectivity index (χ2n) is 5.01. The molecule has 9 heteroatoms. The summed E-state index contributed by atoms with van der Waals surface area (Å²) in [5.41, 5.74) is -1.40. The van der Waals surface area contributed by atoms with Crippen LogP contribution in [0.5, 0.6) is 11.5 Å². The van der Waals surface area contributed by atoms with Gasteiger partial charge in [0, 0.05) is 12.1 Å². The van der Waals surface area contributed by atoms with Crippen LogP contribution in [0.2, 0.25) is 0 Å². The molecule has 0 bridgehead atoms. The van der Waals surface area contributed by atoms with Crippen molar-refractivity contribution < 1.29 is 32.4 Å². The van der Waals surface area contributed by atoms with Gasteiger partial charge in [-0.3, -0.25) is 10.1 Å². The molecule has 132 valence electrons. The van der Waals surface area contributed by atoms with E-state index in [2.05, 4.69) is 4.74 Å². The lowest BCUT2D eigenvalue weighted by atomic mass is 10.1. The summed E-state index contributed by atoms with van der Waals surface area (Å²) in [6, 6.07) is 6.30. The van der Waals surface area contributed by atoms with Gasteiger partial charge in [0.1, 0.15) is 17.1 Å². The maximum atomic E-state index is 12.7. The summed E-state index contributed by atoms with van der Waals surface area (Å²) < 4.78 is 47.9. The van der Waals surface area contributed by atoms with Gasteiger partial charge in [-0.2, -0.15) is 13.2 Å². The largest absolute Gasteiger partial charge is 0.465 e. The molecule has 0 spiro atoms. The first-order valence-electron chi connectivity index (χ1n) is 6.86. The van der Waals surface area contributed by atoms with E-state index < -0.39 is 28.3 Å². The average Bonchev–Trinajstić information content (AvgIpc) is 2.54. The molecule has 2 aromatic rings. The van der Waals surface area contributed by atoms with Gasteiger partial charge in [-0.1, -0.05) is 0 Å². The molecule has 0 heterocycles. The third-order valence-corrected chi connectivity index (χ3v) is 3.30. The molecule has 25 heavy (non-hydrogen) atoms. The highest BCUT2D eigenvalue weighted by atomic mass is 19.4. The van der Waals surface area contributed by atoms with Gasteiger partial charge in [0.25, 0.3) is 5.69 Å². The quantitative estimate of drug-likeness (QED) is 0.458. The fourth-order valence-electron chi connectivity index (χ4n) is 2.08. The molecule has 0 saturated carbocycles. The van der Waals surface area contributed by atoms with Gasteiger partial charge in [0.15, 0.2) is 0 Å². The van der Waals surface area contributed by atoms with Crippen LogP contribution in [0, 0.1) is 17.0 Å². The van der Waals surface area contributed by atoms with E-state index in [1.807, 2.05) is 0 Å². The molecule has 0 N–H and O–H groups in total. The summed E-state index contributed by atoms with van der Waals surface area (Å²) in [6.45, 7) is 1.43. The number of nitrogens with zero attached hydrogens (tertiary/aromatic N) is 1. The summed E-state index contributed by atoms with van der Waals surface area (Å²) >= 11 is 0. The van der Waals surface area contributed by atoms with Crippen molar-refractivity contribution in [3.63, 3.8) is 0 Å². The number of halogens is 3. The van der Waals surface area contributed by atoms with Crippen molar-refractivity contribution in [2.45, 2.75) is 13.1 Å². The monoisotopic (exact) mass is 355 g/mol. The molecule has 2 aromatic carbocycles. The summed E-state index contributed by atoms with van der Waals surface area (Å²) in [4.78, 5) is 21.9. The van der Waals surface area contributed by atoms with Gasteiger partial charge in [0.2, 0.25) is 0 Å². The van der Waals surface area contributed by atoms with E-state index in [1.165, 1.54) is 13.0 Å². The van der Waals surface area contributed by atoms with Crippen molar-refractivity contribution in [2.24, 2.45) is 0 Å². The molecule has 0 atom stereocenters. The number of alkyl halides is 3. The smallest absolute Gasteiger partial charge is 0.416 e. The Morgan fingerprint density at radius 1 is 1.16 bits per heavy atom. The van der Waals surface area contributed by atoms with Gasteiger partial charge < -0.3 is 9.47 Å². The fraction of sp³-hybridized carbons (Fsp3) is 0.188. The molecular weight excluding hydrogens is 343 g/mol. The van der Waals surface area contributed by atoms with E-state index in [-0.39, 0.29) is 22.6 Å². The third-order valence-electron chi connectivity index (χ3n) is 3.30. The van der Waals surface area contributed by atoms with Crippen molar-refractivity contribution in [3.8, 4) is 11.5 Å². The van der Waals surface area contributed by atoms with Crippen LogP contribution < -0.4 is 4.74 Å². The molecule has 6 nitrogen and oxygen atoms in total. The number of methoxy groups -OCH3 is 1. The van der Waals surface area contributed by atoms with Crippen LogP contribution in [0.1, 0.15) is 21.5 Å². The first-order valence-corrected chi connectivity index (χ1v) is 6.86. The SMILES string of the molecule is COC(=O)c1cc(Oc2ccc(C(F)(F)F)cc2C)ccc1[N+](=O)[O-]. The zero-order valence-corrected chi connectivity index (χ0v) is 13.1. The molecule has 0 amide bonds. The number of ether oxygens (including phenoxy) is 2. The van der Waals surface area contributed by atoms with Gasteiger partial charge in [0.05, 0.1) is 17.6 Å². The molecule has 0 aliphatic carbocycles. The number of rotatable bonds is 4. The first kappa shape index (κ1) is 18.2. The first-order chi connectivity index (χ1) is 11.6. The maximum absolute atomic E-state index is 12.7. The van der Waals surface area contributed by atoms with Crippen LogP contribution >= 0.6 is 0 Å². The Morgan fingerprint density at radius 2 is 1.84 bits per heavy atom. The lowest BCUT2D eigenvalue weighted by Crippen LogP contribution is -2.06. The second-order valence-corrected chi connectivity index (χ2v) is 5.01. The summed E-state index contributed by atoms with van der Waals surface area (Å²) in [7, 11) is 1.07. The Bertz CT molecular complexity index is 833. The highest BCUT2D eigenvalue weighted by Crippen LogP contribution is 2.34. The molecule has 0 saturated heterocycles. The van der Waals surface area contributed by atoms with Crippen molar-refractivity contribution in [2.75, 3.05) is 7.11 Å². The molecule has 0 aliphatic heterocycles.